The van der Waals surface area contributed by atoms with E-state index in [1.807, 2.05) is 6.21 Å². The van der Waals surface area contributed by atoms with E-state index in [0.717, 1.165) is 42.1 Å². The van der Waals surface area contributed by atoms with Gasteiger partial charge in [-0.15, -0.1) is 0 Å². The number of anilines is 3. The molecule has 0 fully saturated rings. The number of allylic oxidation sites excluding steroid dienone is 6. The summed E-state index contributed by atoms with van der Waals surface area (Å²) in [6.07, 6.45) is 13.6. The van der Waals surface area contributed by atoms with Crippen molar-refractivity contribution in [3.63, 3.8) is 0 Å². The highest BCUT2D eigenvalue weighted by Gasteiger charge is 2.50. The van der Waals surface area contributed by atoms with E-state index < -0.39 is 5.41 Å². The molecule has 3 heterocycles. The van der Waals surface area contributed by atoms with E-state index in [4.69, 9.17) is 9.73 Å². The fourth-order valence-electron chi connectivity index (χ4n) is 7.50. The second-order valence-electron chi connectivity index (χ2n) is 11.9. The molecule has 1 atom stereocenters. The molecular formula is C40H35N3O. The number of hydrogen-bond donors (Lipinski definition) is 0. The Bertz CT molecular complexity index is 1880. The normalized spacial score (nSPS) is 20.2. The largest absolute Gasteiger partial charge is 0.489 e. The first-order chi connectivity index (χ1) is 21.7. The molecule has 1 aliphatic carbocycles. The molecule has 44 heavy (non-hydrogen) atoms. The number of ether oxygens (including phenoxy) is 1. The SMILES string of the molecule is C=C1CCC=NCc2ccc(N3C4=C(C=CC=CC4)C4(c5ccccc5COc5ccccc54)c4ccccc43)cc2N1C. The maximum atomic E-state index is 6.56. The second kappa shape index (κ2) is 10.6. The number of rotatable bonds is 1. The van der Waals surface area contributed by atoms with Crippen LogP contribution >= 0.6 is 0 Å². The molecule has 4 aromatic carbocycles. The number of fused-ring (bicyclic) bond motifs is 8. The zero-order valence-electron chi connectivity index (χ0n) is 25.0. The van der Waals surface area contributed by atoms with Crippen molar-refractivity contribution in [1.29, 1.82) is 0 Å². The maximum Gasteiger partial charge on any atom is 0.124 e. The quantitative estimate of drug-likeness (QED) is 0.227. The van der Waals surface area contributed by atoms with Gasteiger partial charge in [0, 0.05) is 41.8 Å². The van der Waals surface area contributed by atoms with Crippen LogP contribution in [0, 0.1) is 0 Å². The third kappa shape index (κ3) is 3.94. The molecule has 1 spiro atoms. The zero-order chi connectivity index (χ0) is 29.7. The summed E-state index contributed by atoms with van der Waals surface area (Å²) >= 11 is 0. The van der Waals surface area contributed by atoms with Crippen LogP contribution in [0.3, 0.4) is 0 Å². The van der Waals surface area contributed by atoms with Crippen molar-refractivity contribution < 1.29 is 4.74 Å². The molecule has 0 saturated carbocycles. The van der Waals surface area contributed by atoms with Gasteiger partial charge in [0.05, 0.1) is 17.6 Å². The average Bonchev–Trinajstić information content (AvgIpc) is 3.37. The van der Waals surface area contributed by atoms with Gasteiger partial charge in [-0.3, -0.25) is 4.99 Å². The minimum Gasteiger partial charge on any atom is -0.489 e. The van der Waals surface area contributed by atoms with Crippen LogP contribution in [0.15, 0.2) is 144 Å². The van der Waals surface area contributed by atoms with Gasteiger partial charge in [-0.1, -0.05) is 97.6 Å². The van der Waals surface area contributed by atoms with Gasteiger partial charge in [-0.25, -0.2) is 0 Å². The maximum absolute atomic E-state index is 6.56. The Morgan fingerprint density at radius 1 is 0.818 bits per heavy atom. The third-order valence-corrected chi connectivity index (χ3v) is 9.57. The monoisotopic (exact) mass is 573 g/mol. The summed E-state index contributed by atoms with van der Waals surface area (Å²) in [6, 6.07) is 33.2. The predicted octanol–water partition coefficient (Wildman–Crippen LogP) is 9.15. The number of para-hydroxylation sites is 2. The standard InChI is InChI=1S/C40H35N3O/c1-28-13-12-24-41-26-29-22-23-31(25-38(29)42(28)2)43-36-19-5-3-4-16-33(36)40(34-17-8-10-20-37(34)43)32-15-7-6-14-30(32)27-44-39-21-11-9-18-35(39)40/h3-11,14-18,20-25H,1,12-13,19,26-27H2,2H3. The first-order valence-electron chi connectivity index (χ1n) is 15.5. The lowest BCUT2D eigenvalue weighted by Gasteiger charge is -2.47. The molecule has 0 amide bonds. The van der Waals surface area contributed by atoms with Crippen LogP contribution in [0.1, 0.15) is 47.1 Å². The number of hydrogen-bond acceptors (Lipinski definition) is 4. The van der Waals surface area contributed by atoms with Gasteiger partial charge in [-0.05, 0) is 71.1 Å². The van der Waals surface area contributed by atoms with Crippen LogP contribution in [0.2, 0.25) is 0 Å². The molecule has 1 unspecified atom stereocenters. The molecule has 4 nitrogen and oxygen atoms in total. The van der Waals surface area contributed by atoms with Crippen LogP contribution in [0.5, 0.6) is 5.75 Å². The minimum atomic E-state index is -0.546. The van der Waals surface area contributed by atoms with Gasteiger partial charge in [0.2, 0.25) is 0 Å². The second-order valence-corrected chi connectivity index (χ2v) is 11.9. The summed E-state index contributed by atoms with van der Waals surface area (Å²) in [5.41, 5.74) is 12.7. The molecular weight excluding hydrogens is 538 g/mol. The first-order valence-corrected chi connectivity index (χ1v) is 15.5. The van der Waals surface area contributed by atoms with Crippen LogP contribution < -0.4 is 14.5 Å². The fraction of sp³-hybridized carbons (Fsp3) is 0.175. The Labute approximate surface area is 259 Å². The fourth-order valence-corrected chi connectivity index (χ4v) is 7.50. The number of aliphatic imine (C=N–C) groups is 1. The Morgan fingerprint density at radius 2 is 1.61 bits per heavy atom. The molecule has 3 aliphatic heterocycles. The molecule has 0 saturated heterocycles. The molecule has 4 heteroatoms. The zero-order valence-corrected chi connectivity index (χ0v) is 25.0. The summed E-state index contributed by atoms with van der Waals surface area (Å²) in [5.74, 6) is 0.933. The lowest BCUT2D eigenvalue weighted by atomic mass is 9.61. The summed E-state index contributed by atoms with van der Waals surface area (Å²) in [6.45, 7) is 5.62. The van der Waals surface area contributed by atoms with Gasteiger partial charge in [-0.2, -0.15) is 0 Å². The van der Waals surface area contributed by atoms with Gasteiger partial charge in [0.25, 0.3) is 0 Å². The summed E-state index contributed by atoms with van der Waals surface area (Å²) in [7, 11) is 2.14. The first kappa shape index (κ1) is 26.5. The van der Waals surface area contributed by atoms with Crippen molar-refractivity contribution in [3.8, 4) is 5.75 Å². The van der Waals surface area contributed by atoms with Crippen molar-refractivity contribution in [2.45, 2.75) is 37.8 Å². The highest BCUT2D eigenvalue weighted by molar-refractivity contribution is 5.85. The molecule has 4 aliphatic rings. The lowest BCUT2D eigenvalue weighted by molar-refractivity contribution is 0.306. The van der Waals surface area contributed by atoms with Crippen molar-refractivity contribution in [1.82, 2.24) is 0 Å². The molecule has 0 radical (unpaired) electrons. The van der Waals surface area contributed by atoms with E-state index >= 15 is 0 Å². The van der Waals surface area contributed by atoms with Crippen molar-refractivity contribution in [3.05, 3.63) is 167 Å². The Hall–Kier alpha value is -5.09. The van der Waals surface area contributed by atoms with Crippen molar-refractivity contribution >= 4 is 23.3 Å². The van der Waals surface area contributed by atoms with Crippen molar-refractivity contribution in [2.75, 3.05) is 16.8 Å². The van der Waals surface area contributed by atoms with E-state index in [9.17, 15) is 0 Å². The minimum absolute atomic E-state index is 0.537. The van der Waals surface area contributed by atoms with Crippen LogP contribution in [-0.2, 0) is 18.6 Å². The molecule has 0 N–H and O–H groups in total. The number of benzene rings is 4. The average molecular weight is 574 g/mol. The van der Waals surface area contributed by atoms with Crippen LogP contribution in [0.25, 0.3) is 0 Å². The molecule has 0 aromatic heterocycles. The van der Waals surface area contributed by atoms with Gasteiger partial charge >= 0.3 is 0 Å². The highest BCUT2D eigenvalue weighted by Crippen LogP contribution is 2.59. The molecule has 4 aromatic rings. The molecule has 216 valence electrons. The number of nitrogens with zero attached hydrogens (tertiary/aromatic N) is 3. The van der Waals surface area contributed by atoms with E-state index in [1.165, 1.54) is 44.8 Å². The van der Waals surface area contributed by atoms with E-state index in [-0.39, 0.29) is 0 Å². The van der Waals surface area contributed by atoms with Crippen molar-refractivity contribution in [2.24, 2.45) is 4.99 Å². The summed E-state index contributed by atoms with van der Waals surface area (Å²) in [5, 5.41) is 0. The Kier molecular flexibility index (Phi) is 6.37. The van der Waals surface area contributed by atoms with E-state index in [1.54, 1.807) is 0 Å². The van der Waals surface area contributed by atoms with Gasteiger partial charge in [0.15, 0.2) is 0 Å². The third-order valence-electron chi connectivity index (χ3n) is 9.57. The summed E-state index contributed by atoms with van der Waals surface area (Å²) < 4.78 is 6.56. The molecule has 0 bridgehead atoms. The predicted molar refractivity (Wildman–Crippen MR) is 181 cm³/mol. The topological polar surface area (TPSA) is 28.1 Å². The summed E-state index contributed by atoms with van der Waals surface area (Å²) in [4.78, 5) is 9.46. The molecule has 8 rings (SSSR count). The van der Waals surface area contributed by atoms with Crippen LogP contribution in [-0.4, -0.2) is 13.3 Å². The van der Waals surface area contributed by atoms with Gasteiger partial charge in [0.1, 0.15) is 12.4 Å². The van der Waals surface area contributed by atoms with E-state index in [2.05, 4.69) is 139 Å². The highest BCUT2D eigenvalue weighted by atomic mass is 16.5. The Morgan fingerprint density at radius 3 is 2.52 bits per heavy atom. The smallest absolute Gasteiger partial charge is 0.124 e. The van der Waals surface area contributed by atoms with E-state index in [0.29, 0.717) is 13.2 Å². The van der Waals surface area contributed by atoms with Gasteiger partial charge < -0.3 is 14.5 Å². The Balaban J connectivity index is 1.45. The lowest BCUT2D eigenvalue weighted by Crippen LogP contribution is -2.40. The van der Waals surface area contributed by atoms with Crippen LogP contribution in [0.4, 0.5) is 17.1 Å².